The second-order valence-electron chi connectivity index (χ2n) is 6.68. The summed E-state index contributed by atoms with van der Waals surface area (Å²) in [6, 6.07) is 13.9. The van der Waals surface area contributed by atoms with Crippen molar-refractivity contribution in [1.82, 2.24) is 0 Å². The van der Waals surface area contributed by atoms with Crippen molar-refractivity contribution in [2.45, 2.75) is 13.0 Å². The first-order valence-electron chi connectivity index (χ1n) is 9.55. The number of morpholine rings is 1. The number of rotatable bonds is 6. The van der Waals surface area contributed by atoms with Crippen molar-refractivity contribution in [3.63, 3.8) is 0 Å². The van der Waals surface area contributed by atoms with E-state index in [1.165, 1.54) is 7.11 Å². The van der Waals surface area contributed by atoms with Gasteiger partial charge in [-0.05, 0) is 37.3 Å². The maximum absolute atomic E-state index is 12.7. The number of nitriles is 1. The number of hydrogen-bond acceptors (Lipinski definition) is 7. The van der Waals surface area contributed by atoms with Gasteiger partial charge in [-0.15, -0.1) is 0 Å². The van der Waals surface area contributed by atoms with Crippen LogP contribution >= 0.6 is 0 Å². The molecule has 2 aromatic carbocycles. The number of carbonyl (C=O) groups is 2. The molecule has 0 bridgehead atoms. The van der Waals surface area contributed by atoms with Gasteiger partial charge in [0.2, 0.25) is 0 Å². The van der Waals surface area contributed by atoms with Crippen LogP contribution < -0.4 is 15.0 Å². The Morgan fingerprint density at radius 2 is 1.93 bits per heavy atom. The summed E-state index contributed by atoms with van der Waals surface area (Å²) in [5.74, 6) is -0.686. The lowest BCUT2D eigenvalue weighted by Crippen LogP contribution is -2.36. The maximum Gasteiger partial charge on any atom is 0.340 e. The number of nitrogens with zero attached hydrogens (tertiary/aromatic N) is 2. The average Bonchev–Trinajstić information content (AvgIpc) is 2.79. The van der Waals surface area contributed by atoms with Gasteiger partial charge < -0.3 is 24.4 Å². The van der Waals surface area contributed by atoms with E-state index in [0.717, 1.165) is 18.8 Å². The fourth-order valence-electron chi connectivity index (χ4n) is 3.08. The highest BCUT2D eigenvalue weighted by Gasteiger charge is 2.22. The van der Waals surface area contributed by atoms with Gasteiger partial charge in [0, 0.05) is 18.8 Å². The molecule has 1 heterocycles. The van der Waals surface area contributed by atoms with Crippen LogP contribution in [0.25, 0.3) is 0 Å². The zero-order valence-electron chi connectivity index (χ0n) is 16.9. The van der Waals surface area contributed by atoms with E-state index in [9.17, 15) is 9.59 Å². The van der Waals surface area contributed by atoms with Gasteiger partial charge >= 0.3 is 5.97 Å². The van der Waals surface area contributed by atoms with Crippen LogP contribution in [0, 0.1) is 11.3 Å². The van der Waals surface area contributed by atoms with Crippen LogP contribution in [0.4, 0.5) is 11.4 Å². The molecule has 1 unspecified atom stereocenters. The number of para-hydroxylation sites is 1. The van der Waals surface area contributed by atoms with E-state index in [0.29, 0.717) is 30.2 Å². The van der Waals surface area contributed by atoms with Gasteiger partial charge in [-0.1, -0.05) is 12.1 Å². The number of hydrogen-bond donors (Lipinski definition) is 1. The van der Waals surface area contributed by atoms with Crippen LogP contribution in [0.2, 0.25) is 0 Å². The Bertz CT molecular complexity index is 963. The summed E-state index contributed by atoms with van der Waals surface area (Å²) in [4.78, 5) is 27.1. The molecule has 1 aliphatic heterocycles. The Kier molecular flexibility index (Phi) is 6.88. The SMILES string of the molecule is COC(=O)c1cc(N2CCOCC2)ccc1NC(=O)C(C)Oc1ccccc1C#N. The topological polar surface area (TPSA) is 101 Å². The van der Waals surface area contributed by atoms with E-state index >= 15 is 0 Å². The van der Waals surface area contributed by atoms with E-state index in [4.69, 9.17) is 19.5 Å². The van der Waals surface area contributed by atoms with Gasteiger partial charge in [0.25, 0.3) is 5.91 Å². The normalized spacial score (nSPS) is 14.4. The highest BCUT2D eigenvalue weighted by molar-refractivity contribution is 6.03. The molecule has 0 spiro atoms. The summed E-state index contributed by atoms with van der Waals surface area (Å²) in [6.07, 6.45) is -0.885. The van der Waals surface area contributed by atoms with E-state index in [1.54, 1.807) is 43.3 Å². The molecule has 0 radical (unpaired) electrons. The van der Waals surface area contributed by atoms with E-state index < -0.39 is 18.0 Å². The highest BCUT2D eigenvalue weighted by atomic mass is 16.5. The summed E-state index contributed by atoms with van der Waals surface area (Å²) in [7, 11) is 1.29. The summed E-state index contributed by atoms with van der Waals surface area (Å²) < 4.78 is 15.9. The summed E-state index contributed by atoms with van der Waals surface area (Å²) >= 11 is 0. The Morgan fingerprint density at radius 3 is 2.63 bits per heavy atom. The summed E-state index contributed by atoms with van der Waals surface area (Å²) in [5, 5.41) is 11.9. The number of esters is 1. The first-order valence-corrected chi connectivity index (χ1v) is 9.55. The van der Waals surface area contributed by atoms with Gasteiger partial charge in [-0.2, -0.15) is 5.26 Å². The summed E-state index contributed by atoms with van der Waals surface area (Å²) in [6.45, 7) is 4.24. The van der Waals surface area contributed by atoms with Crippen LogP contribution in [0.1, 0.15) is 22.8 Å². The molecule has 3 rings (SSSR count). The predicted octanol–water partition coefficient (Wildman–Crippen LogP) is 2.59. The lowest BCUT2D eigenvalue weighted by atomic mass is 10.1. The minimum atomic E-state index is -0.885. The van der Waals surface area contributed by atoms with Crippen LogP contribution in [0.5, 0.6) is 5.75 Å². The number of methoxy groups -OCH3 is 1. The van der Waals surface area contributed by atoms with Crippen molar-refractivity contribution in [2.75, 3.05) is 43.6 Å². The Morgan fingerprint density at radius 1 is 1.20 bits per heavy atom. The molecule has 0 saturated carbocycles. The van der Waals surface area contributed by atoms with Crippen molar-refractivity contribution < 1.29 is 23.8 Å². The standard InChI is InChI=1S/C22H23N3O5/c1-15(30-20-6-4-3-5-16(20)14-23)21(26)24-19-8-7-17(13-18(19)22(27)28-2)25-9-11-29-12-10-25/h3-8,13,15H,9-12H2,1-2H3,(H,24,26). The van der Waals surface area contributed by atoms with Crippen LogP contribution in [0.3, 0.4) is 0 Å². The first kappa shape index (κ1) is 21.1. The molecular weight excluding hydrogens is 386 g/mol. The number of anilines is 2. The molecule has 1 N–H and O–H groups in total. The Labute approximate surface area is 174 Å². The van der Waals surface area contributed by atoms with E-state index in [2.05, 4.69) is 10.2 Å². The molecule has 1 aliphatic rings. The van der Waals surface area contributed by atoms with Gasteiger partial charge in [0.05, 0.1) is 37.1 Å². The number of benzene rings is 2. The third-order valence-electron chi connectivity index (χ3n) is 4.72. The van der Waals surface area contributed by atoms with Crippen molar-refractivity contribution >= 4 is 23.3 Å². The van der Waals surface area contributed by atoms with Crippen molar-refractivity contribution in [3.05, 3.63) is 53.6 Å². The average molecular weight is 409 g/mol. The van der Waals surface area contributed by atoms with Crippen LogP contribution in [-0.2, 0) is 14.3 Å². The number of ether oxygens (including phenoxy) is 3. The van der Waals surface area contributed by atoms with Gasteiger partial charge in [-0.3, -0.25) is 4.79 Å². The molecule has 1 atom stereocenters. The molecular formula is C22H23N3O5. The molecule has 2 aromatic rings. The third-order valence-corrected chi connectivity index (χ3v) is 4.72. The number of nitrogens with one attached hydrogen (secondary N) is 1. The minimum Gasteiger partial charge on any atom is -0.480 e. The quantitative estimate of drug-likeness (QED) is 0.732. The summed E-state index contributed by atoms with van der Waals surface area (Å²) in [5.41, 5.74) is 1.76. The molecule has 0 aromatic heterocycles. The Balaban J connectivity index is 1.77. The van der Waals surface area contributed by atoms with Crippen LogP contribution in [-0.4, -0.2) is 51.4 Å². The molecule has 8 heteroatoms. The molecule has 1 saturated heterocycles. The van der Waals surface area contributed by atoms with Gasteiger partial charge in [-0.25, -0.2) is 4.79 Å². The fraction of sp³-hybridized carbons (Fsp3) is 0.318. The lowest BCUT2D eigenvalue weighted by molar-refractivity contribution is -0.122. The van der Waals surface area contributed by atoms with Crippen LogP contribution in [0.15, 0.2) is 42.5 Å². The smallest absolute Gasteiger partial charge is 0.340 e. The molecule has 1 amide bonds. The Hall–Kier alpha value is -3.57. The largest absolute Gasteiger partial charge is 0.480 e. The number of carbonyl (C=O) groups excluding carboxylic acids is 2. The second kappa shape index (κ2) is 9.76. The lowest BCUT2D eigenvalue weighted by Gasteiger charge is -2.29. The van der Waals surface area contributed by atoms with E-state index in [1.807, 2.05) is 12.1 Å². The second-order valence-corrected chi connectivity index (χ2v) is 6.68. The van der Waals surface area contributed by atoms with E-state index in [-0.39, 0.29) is 5.56 Å². The predicted molar refractivity (Wildman–Crippen MR) is 111 cm³/mol. The zero-order valence-corrected chi connectivity index (χ0v) is 16.9. The van der Waals surface area contributed by atoms with Gasteiger partial charge in [0.15, 0.2) is 6.10 Å². The first-order chi connectivity index (χ1) is 14.5. The van der Waals surface area contributed by atoms with Crippen molar-refractivity contribution in [2.24, 2.45) is 0 Å². The van der Waals surface area contributed by atoms with Crippen molar-refractivity contribution in [1.29, 1.82) is 5.26 Å². The third kappa shape index (κ3) is 4.88. The minimum absolute atomic E-state index is 0.250. The highest BCUT2D eigenvalue weighted by Crippen LogP contribution is 2.26. The maximum atomic E-state index is 12.7. The number of amides is 1. The monoisotopic (exact) mass is 409 g/mol. The molecule has 8 nitrogen and oxygen atoms in total. The molecule has 30 heavy (non-hydrogen) atoms. The van der Waals surface area contributed by atoms with Crippen molar-refractivity contribution in [3.8, 4) is 11.8 Å². The molecule has 156 valence electrons. The molecule has 0 aliphatic carbocycles. The van der Waals surface area contributed by atoms with Gasteiger partial charge in [0.1, 0.15) is 11.8 Å². The zero-order chi connectivity index (χ0) is 21.5. The fourth-order valence-corrected chi connectivity index (χ4v) is 3.08. The molecule has 1 fully saturated rings.